The Kier molecular flexibility index (Phi) is 3.85. The van der Waals surface area contributed by atoms with Crippen molar-refractivity contribution in [2.45, 2.75) is 32.6 Å². The molecule has 1 aliphatic carbocycles. The Balaban J connectivity index is 1.78. The number of hydrogen-bond donors (Lipinski definition) is 2. The SMILES string of the molecule is COc1cc2c(NCC3CCNC3)c3c(nc2cc1C)CCC3. The van der Waals surface area contributed by atoms with Crippen molar-refractivity contribution < 1.29 is 4.74 Å². The van der Waals surface area contributed by atoms with Crippen LogP contribution in [0.5, 0.6) is 5.75 Å². The van der Waals surface area contributed by atoms with Crippen molar-refractivity contribution in [3.63, 3.8) is 0 Å². The Morgan fingerprint density at radius 3 is 3.04 bits per heavy atom. The van der Waals surface area contributed by atoms with Crippen molar-refractivity contribution in [1.82, 2.24) is 10.3 Å². The van der Waals surface area contributed by atoms with Crippen LogP contribution in [0.3, 0.4) is 0 Å². The summed E-state index contributed by atoms with van der Waals surface area (Å²) in [4.78, 5) is 4.92. The van der Waals surface area contributed by atoms with Crippen molar-refractivity contribution >= 4 is 16.6 Å². The largest absolute Gasteiger partial charge is 0.496 e. The number of anilines is 1. The van der Waals surface area contributed by atoms with E-state index in [9.17, 15) is 0 Å². The molecule has 0 bridgehead atoms. The molecule has 1 aromatic carbocycles. The van der Waals surface area contributed by atoms with Crippen LogP contribution in [-0.2, 0) is 12.8 Å². The number of hydrogen-bond acceptors (Lipinski definition) is 4. The van der Waals surface area contributed by atoms with E-state index >= 15 is 0 Å². The van der Waals surface area contributed by atoms with Gasteiger partial charge in [-0.15, -0.1) is 0 Å². The fraction of sp³-hybridized carbons (Fsp3) is 0.526. The number of fused-ring (bicyclic) bond motifs is 2. The first-order valence-corrected chi connectivity index (χ1v) is 8.71. The fourth-order valence-corrected chi connectivity index (χ4v) is 3.95. The summed E-state index contributed by atoms with van der Waals surface area (Å²) in [6, 6.07) is 4.32. The molecule has 4 rings (SSSR count). The molecule has 4 nitrogen and oxygen atoms in total. The zero-order valence-corrected chi connectivity index (χ0v) is 14.0. The molecular weight excluding hydrogens is 286 g/mol. The van der Waals surface area contributed by atoms with Gasteiger partial charge in [0.15, 0.2) is 0 Å². The second-order valence-electron chi connectivity index (χ2n) is 6.84. The van der Waals surface area contributed by atoms with Crippen LogP contribution in [0, 0.1) is 12.8 Å². The van der Waals surface area contributed by atoms with Crippen LogP contribution in [0.4, 0.5) is 5.69 Å². The minimum Gasteiger partial charge on any atom is -0.496 e. The Morgan fingerprint density at radius 2 is 2.26 bits per heavy atom. The molecule has 4 heteroatoms. The van der Waals surface area contributed by atoms with Gasteiger partial charge in [0.1, 0.15) is 5.75 Å². The summed E-state index contributed by atoms with van der Waals surface area (Å²) in [5.74, 6) is 1.67. The topological polar surface area (TPSA) is 46.2 Å². The molecule has 1 aliphatic heterocycles. The molecule has 1 unspecified atom stereocenters. The van der Waals surface area contributed by atoms with E-state index in [0.717, 1.165) is 55.2 Å². The first kappa shape index (κ1) is 14.8. The van der Waals surface area contributed by atoms with Crippen molar-refractivity contribution in [3.05, 3.63) is 29.0 Å². The highest BCUT2D eigenvalue weighted by atomic mass is 16.5. The summed E-state index contributed by atoms with van der Waals surface area (Å²) in [5, 5.41) is 8.42. The predicted octanol–water partition coefficient (Wildman–Crippen LogP) is 3.06. The summed E-state index contributed by atoms with van der Waals surface area (Å²) in [5.41, 5.74) is 6.25. The van der Waals surface area contributed by atoms with Crippen LogP contribution >= 0.6 is 0 Å². The first-order chi connectivity index (χ1) is 11.3. The smallest absolute Gasteiger partial charge is 0.122 e. The number of rotatable bonds is 4. The number of methoxy groups -OCH3 is 1. The molecule has 0 spiro atoms. The number of nitrogens with one attached hydrogen (secondary N) is 2. The number of nitrogens with zero attached hydrogens (tertiary/aromatic N) is 1. The molecule has 2 aromatic rings. The Labute approximate surface area is 137 Å². The van der Waals surface area contributed by atoms with E-state index < -0.39 is 0 Å². The third-order valence-corrected chi connectivity index (χ3v) is 5.26. The minimum atomic E-state index is 0.725. The first-order valence-electron chi connectivity index (χ1n) is 8.71. The lowest BCUT2D eigenvalue weighted by Crippen LogP contribution is -2.18. The number of pyridine rings is 1. The van der Waals surface area contributed by atoms with E-state index in [1.807, 2.05) is 0 Å². The van der Waals surface area contributed by atoms with Gasteiger partial charge in [-0.1, -0.05) is 0 Å². The number of aromatic nitrogens is 1. The van der Waals surface area contributed by atoms with Gasteiger partial charge in [0, 0.05) is 23.3 Å². The zero-order chi connectivity index (χ0) is 15.8. The number of aryl methyl sites for hydroxylation is 2. The number of ether oxygens (including phenoxy) is 1. The molecule has 2 heterocycles. The maximum Gasteiger partial charge on any atom is 0.122 e. The van der Waals surface area contributed by atoms with E-state index in [4.69, 9.17) is 9.72 Å². The maximum atomic E-state index is 5.54. The average molecular weight is 311 g/mol. The van der Waals surface area contributed by atoms with Gasteiger partial charge >= 0.3 is 0 Å². The van der Waals surface area contributed by atoms with Gasteiger partial charge in [-0.2, -0.15) is 0 Å². The third-order valence-electron chi connectivity index (χ3n) is 5.26. The molecular formula is C19H25N3O. The maximum absolute atomic E-state index is 5.54. The lowest BCUT2D eigenvalue weighted by atomic mass is 10.0. The molecule has 1 atom stereocenters. The normalized spacial score (nSPS) is 20.0. The molecule has 2 aliphatic rings. The Morgan fingerprint density at radius 1 is 1.35 bits per heavy atom. The molecule has 1 aromatic heterocycles. The molecule has 0 radical (unpaired) electrons. The molecule has 1 saturated heterocycles. The van der Waals surface area contributed by atoms with Gasteiger partial charge in [0.05, 0.1) is 12.6 Å². The van der Waals surface area contributed by atoms with E-state index in [-0.39, 0.29) is 0 Å². The van der Waals surface area contributed by atoms with Crippen LogP contribution < -0.4 is 15.4 Å². The highest BCUT2D eigenvalue weighted by Gasteiger charge is 2.22. The summed E-state index contributed by atoms with van der Waals surface area (Å²) in [6.45, 7) is 5.40. The minimum absolute atomic E-state index is 0.725. The molecule has 1 fully saturated rings. The van der Waals surface area contributed by atoms with Crippen molar-refractivity contribution in [2.75, 3.05) is 32.1 Å². The summed E-state index contributed by atoms with van der Waals surface area (Å²) >= 11 is 0. The monoisotopic (exact) mass is 311 g/mol. The lowest BCUT2D eigenvalue weighted by Gasteiger charge is -2.18. The molecule has 0 amide bonds. The van der Waals surface area contributed by atoms with Gasteiger partial charge in [-0.05, 0) is 74.9 Å². The van der Waals surface area contributed by atoms with E-state index in [2.05, 4.69) is 29.7 Å². The second kappa shape index (κ2) is 6.00. The van der Waals surface area contributed by atoms with Crippen LogP contribution in [0.15, 0.2) is 12.1 Å². The molecule has 0 saturated carbocycles. The lowest BCUT2D eigenvalue weighted by molar-refractivity contribution is 0.412. The third kappa shape index (κ3) is 2.65. The highest BCUT2D eigenvalue weighted by Crippen LogP contribution is 2.37. The summed E-state index contributed by atoms with van der Waals surface area (Å²) in [7, 11) is 1.74. The summed E-state index contributed by atoms with van der Waals surface area (Å²) in [6.07, 6.45) is 4.73. The predicted molar refractivity (Wildman–Crippen MR) is 94.5 cm³/mol. The van der Waals surface area contributed by atoms with Crippen LogP contribution in [0.25, 0.3) is 10.9 Å². The van der Waals surface area contributed by atoms with Gasteiger partial charge < -0.3 is 15.4 Å². The standard InChI is InChI=1S/C19H25N3O/c1-12-8-17-15(9-18(12)23-2)19(14-4-3-5-16(14)22-17)21-11-13-6-7-20-10-13/h8-9,13,20H,3-7,10-11H2,1-2H3,(H,21,22). The zero-order valence-electron chi connectivity index (χ0n) is 14.0. The Bertz CT molecular complexity index is 735. The van der Waals surface area contributed by atoms with E-state index in [1.165, 1.54) is 35.2 Å². The van der Waals surface area contributed by atoms with Gasteiger partial charge in [0.2, 0.25) is 0 Å². The van der Waals surface area contributed by atoms with Crippen molar-refractivity contribution in [3.8, 4) is 5.75 Å². The van der Waals surface area contributed by atoms with Gasteiger partial charge in [-0.25, -0.2) is 0 Å². The molecule has 2 N–H and O–H groups in total. The Hall–Kier alpha value is -1.81. The van der Waals surface area contributed by atoms with Crippen LogP contribution in [-0.4, -0.2) is 31.7 Å². The van der Waals surface area contributed by atoms with Crippen LogP contribution in [0.1, 0.15) is 29.7 Å². The van der Waals surface area contributed by atoms with Gasteiger partial charge in [0.25, 0.3) is 0 Å². The quantitative estimate of drug-likeness (QED) is 0.911. The summed E-state index contributed by atoms with van der Waals surface area (Å²) < 4.78 is 5.54. The van der Waals surface area contributed by atoms with Crippen molar-refractivity contribution in [2.24, 2.45) is 5.92 Å². The van der Waals surface area contributed by atoms with E-state index in [1.54, 1.807) is 7.11 Å². The molecule has 122 valence electrons. The highest BCUT2D eigenvalue weighted by molar-refractivity contribution is 5.95. The average Bonchev–Trinajstić information content (AvgIpc) is 3.22. The molecule has 23 heavy (non-hydrogen) atoms. The fourth-order valence-electron chi connectivity index (χ4n) is 3.95. The number of benzene rings is 1. The van der Waals surface area contributed by atoms with E-state index in [0.29, 0.717) is 0 Å². The van der Waals surface area contributed by atoms with Gasteiger partial charge in [-0.3, -0.25) is 4.98 Å². The van der Waals surface area contributed by atoms with Crippen LogP contribution in [0.2, 0.25) is 0 Å². The van der Waals surface area contributed by atoms with Crippen molar-refractivity contribution in [1.29, 1.82) is 0 Å². The second-order valence-corrected chi connectivity index (χ2v) is 6.84.